The summed E-state index contributed by atoms with van der Waals surface area (Å²) in [5.41, 5.74) is 3.44. The Labute approximate surface area is 256 Å². The van der Waals surface area contributed by atoms with Crippen molar-refractivity contribution in [3.63, 3.8) is 0 Å². The monoisotopic (exact) mass is 598 g/mol. The molecule has 2 aromatic carbocycles. The first kappa shape index (κ1) is 28.7. The van der Waals surface area contributed by atoms with Crippen LogP contribution in [0.3, 0.4) is 0 Å². The van der Waals surface area contributed by atoms with Crippen LogP contribution in [-0.2, 0) is 22.7 Å². The maximum Gasteiger partial charge on any atom is 0.262 e. The Balaban J connectivity index is 0.918. The summed E-state index contributed by atoms with van der Waals surface area (Å²) in [6.45, 7) is 1.42. The molecular formula is C34H38N4O6. The van der Waals surface area contributed by atoms with Crippen LogP contribution in [0.25, 0.3) is 0 Å². The molecule has 2 saturated carbocycles. The second-order valence-electron chi connectivity index (χ2n) is 12.9. The summed E-state index contributed by atoms with van der Waals surface area (Å²) >= 11 is 0. The molecule has 0 radical (unpaired) electrons. The van der Waals surface area contributed by atoms with Crippen LogP contribution in [0.5, 0.6) is 5.75 Å². The number of benzene rings is 2. The average molecular weight is 599 g/mol. The van der Waals surface area contributed by atoms with Crippen molar-refractivity contribution in [2.45, 2.75) is 108 Å². The molecular weight excluding hydrogens is 560 g/mol. The van der Waals surface area contributed by atoms with Gasteiger partial charge in [-0.05, 0) is 92.5 Å². The zero-order valence-electron chi connectivity index (χ0n) is 24.8. The van der Waals surface area contributed by atoms with E-state index in [1.807, 2.05) is 36.4 Å². The van der Waals surface area contributed by atoms with Crippen molar-refractivity contribution in [3.05, 3.63) is 64.2 Å². The number of hydrogen-bond acceptors (Lipinski definition) is 7. The van der Waals surface area contributed by atoms with E-state index in [1.54, 1.807) is 0 Å². The van der Waals surface area contributed by atoms with Crippen molar-refractivity contribution < 1.29 is 28.7 Å². The first-order valence-corrected chi connectivity index (χ1v) is 16.0. The molecule has 0 spiro atoms. The number of nitrogens with one attached hydrogen (secondary N) is 2. The molecule has 10 nitrogen and oxygen atoms in total. The molecule has 2 N–H and O–H groups in total. The maximum atomic E-state index is 13.2. The predicted octanol–water partition coefficient (Wildman–Crippen LogP) is 3.86. The lowest BCUT2D eigenvalue weighted by Crippen LogP contribution is -2.54. The van der Waals surface area contributed by atoms with Crippen molar-refractivity contribution in [2.75, 3.05) is 0 Å². The fourth-order valence-corrected chi connectivity index (χ4v) is 7.57. The fourth-order valence-electron chi connectivity index (χ4n) is 7.57. The van der Waals surface area contributed by atoms with Gasteiger partial charge in [-0.25, -0.2) is 0 Å². The van der Waals surface area contributed by atoms with Crippen LogP contribution in [0.1, 0.15) is 113 Å². The minimum absolute atomic E-state index is 0.0128. The van der Waals surface area contributed by atoms with Crippen LogP contribution in [0.15, 0.2) is 36.4 Å². The van der Waals surface area contributed by atoms with E-state index in [4.69, 9.17) is 4.74 Å². The van der Waals surface area contributed by atoms with Gasteiger partial charge in [0.25, 0.3) is 17.7 Å². The first-order chi connectivity index (χ1) is 21.3. The van der Waals surface area contributed by atoms with E-state index in [-0.39, 0.29) is 36.8 Å². The van der Waals surface area contributed by atoms with Gasteiger partial charge in [-0.1, -0.05) is 19.3 Å². The van der Waals surface area contributed by atoms with Crippen LogP contribution >= 0.6 is 0 Å². The van der Waals surface area contributed by atoms with Crippen LogP contribution in [0.2, 0.25) is 0 Å². The zero-order chi connectivity index (χ0) is 30.4. The third kappa shape index (κ3) is 5.51. The molecule has 0 unspecified atom stereocenters. The van der Waals surface area contributed by atoms with Gasteiger partial charge in [-0.2, -0.15) is 0 Å². The van der Waals surface area contributed by atoms with Crippen LogP contribution in [0.4, 0.5) is 0 Å². The lowest BCUT2D eigenvalue weighted by Gasteiger charge is -2.34. The summed E-state index contributed by atoms with van der Waals surface area (Å²) in [5, 5.41) is 5.41. The fraction of sp³-hybridized carbons (Fsp3) is 0.500. The number of piperidine rings is 1. The Morgan fingerprint density at radius 2 is 1.43 bits per heavy atom. The highest BCUT2D eigenvalue weighted by atomic mass is 16.5. The standard InChI is InChI=1S/C34H38N4O6/c39-30-15-14-29(32(41)36-30)38-33(42)27-16-21-18-37(19-22(21)17-28(27)34(38)43)24-8-12-26(13-9-24)44-25-10-6-20(7-11-25)31(40)35-23-4-2-1-3-5-23/h6-7,10-11,16-17,23-24,26,29H,1-5,8-9,12-15,18-19H2,(H,35,40)(H,36,39,41)/t24-,26-,29-/m0/s1. The molecule has 2 aliphatic carbocycles. The largest absolute Gasteiger partial charge is 0.490 e. The second-order valence-corrected chi connectivity index (χ2v) is 12.9. The normalized spacial score (nSPS) is 25.9. The molecule has 3 aliphatic heterocycles. The van der Waals surface area contributed by atoms with E-state index < -0.39 is 23.8 Å². The minimum atomic E-state index is -0.951. The first-order valence-electron chi connectivity index (χ1n) is 16.0. The molecule has 7 rings (SSSR count). The van der Waals surface area contributed by atoms with E-state index >= 15 is 0 Å². The molecule has 3 heterocycles. The molecule has 1 saturated heterocycles. The van der Waals surface area contributed by atoms with Gasteiger partial charge in [0.05, 0.1) is 17.2 Å². The quantitative estimate of drug-likeness (QED) is 0.484. The number of carbonyl (C=O) groups is 5. The number of imide groups is 2. The van der Waals surface area contributed by atoms with Gasteiger partial charge in [-0.3, -0.25) is 39.1 Å². The van der Waals surface area contributed by atoms with E-state index in [2.05, 4.69) is 15.5 Å². The highest BCUT2D eigenvalue weighted by molar-refractivity contribution is 6.23. The number of amides is 5. The Hall–Kier alpha value is -4.05. The van der Waals surface area contributed by atoms with Crippen molar-refractivity contribution in [1.82, 2.24) is 20.4 Å². The average Bonchev–Trinajstić information content (AvgIpc) is 3.55. The molecule has 2 aromatic rings. The molecule has 5 amide bonds. The topological polar surface area (TPSA) is 125 Å². The van der Waals surface area contributed by atoms with Gasteiger partial charge in [-0.15, -0.1) is 0 Å². The summed E-state index contributed by atoms with van der Waals surface area (Å²) in [6.07, 6.45) is 9.95. The Bertz CT molecular complexity index is 1460. The van der Waals surface area contributed by atoms with Crippen LogP contribution < -0.4 is 15.4 Å². The third-order valence-electron chi connectivity index (χ3n) is 10.0. The molecule has 3 fully saturated rings. The number of fused-ring (bicyclic) bond motifs is 2. The van der Waals surface area contributed by atoms with Gasteiger partial charge < -0.3 is 10.1 Å². The molecule has 0 bridgehead atoms. The lowest BCUT2D eigenvalue weighted by molar-refractivity contribution is -0.136. The van der Waals surface area contributed by atoms with Crippen molar-refractivity contribution in [3.8, 4) is 5.75 Å². The summed E-state index contributed by atoms with van der Waals surface area (Å²) in [4.78, 5) is 66.5. The highest BCUT2D eigenvalue weighted by Crippen LogP contribution is 2.36. The van der Waals surface area contributed by atoms with Gasteiger partial charge >= 0.3 is 0 Å². The minimum Gasteiger partial charge on any atom is -0.490 e. The van der Waals surface area contributed by atoms with E-state index in [1.165, 1.54) is 19.3 Å². The predicted molar refractivity (Wildman–Crippen MR) is 160 cm³/mol. The SMILES string of the molecule is O=C1CC[C@H](N2C(=O)c3cc4c(cc3C2=O)CN([C@H]2CC[C@H](Oc3ccc(C(=O)NC5CCCCC5)cc3)CC2)C4)C(=O)N1. The van der Waals surface area contributed by atoms with E-state index in [0.717, 1.165) is 60.3 Å². The Morgan fingerprint density at radius 1 is 0.795 bits per heavy atom. The van der Waals surface area contributed by atoms with Crippen LogP contribution in [0, 0.1) is 0 Å². The number of carbonyl (C=O) groups excluding carboxylic acids is 5. The zero-order valence-corrected chi connectivity index (χ0v) is 24.8. The summed E-state index contributed by atoms with van der Waals surface area (Å²) in [6, 6.07) is 10.8. The van der Waals surface area contributed by atoms with Crippen molar-refractivity contribution in [1.29, 1.82) is 0 Å². The molecule has 10 heteroatoms. The summed E-state index contributed by atoms with van der Waals surface area (Å²) in [7, 11) is 0. The number of nitrogens with zero attached hydrogens (tertiary/aromatic N) is 2. The molecule has 1 atom stereocenters. The molecule has 0 aromatic heterocycles. The molecule has 230 valence electrons. The smallest absolute Gasteiger partial charge is 0.262 e. The lowest BCUT2D eigenvalue weighted by atomic mass is 9.92. The van der Waals surface area contributed by atoms with Gasteiger partial charge in [0.15, 0.2) is 0 Å². The third-order valence-corrected chi connectivity index (χ3v) is 10.0. The molecule has 44 heavy (non-hydrogen) atoms. The Morgan fingerprint density at radius 3 is 2.05 bits per heavy atom. The summed E-state index contributed by atoms with van der Waals surface area (Å²) in [5.74, 6) is -1.13. The number of hydrogen-bond donors (Lipinski definition) is 2. The van der Waals surface area contributed by atoms with E-state index in [9.17, 15) is 24.0 Å². The van der Waals surface area contributed by atoms with E-state index in [0.29, 0.717) is 35.8 Å². The van der Waals surface area contributed by atoms with Gasteiger partial charge in [0.2, 0.25) is 11.8 Å². The van der Waals surface area contributed by atoms with Crippen LogP contribution in [-0.4, -0.2) is 63.6 Å². The van der Waals surface area contributed by atoms with Gasteiger partial charge in [0.1, 0.15) is 11.8 Å². The Kier molecular flexibility index (Phi) is 7.70. The molecule has 5 aliphatic rings. The second kappa shape index (κ2) is 11.8. The van der Waals surface area contributed by atoms with Gasteiger partial charge in [0, 0.05) is 37.2 Å². The number of ether oxygens (including phenoxy) is 1. The maximum absolute atomic E-state index is 13.2. The number of rotatable bonds is 6. The highest BCUT2D eigenvalue weighted by Gasteiger charge is 2.45. The van der Waals surface area contributed by atoms with Crippen molar-refractivity contribution in [2.24, 2.45) is 0 Å². The van der Waals surface area contributed by atoms with Crippen molar-refractivity contribution >= 4 is 29.5 Å². The summed E-state index contributed by atoms with van der Waals surface area (Å²) < 4.78 is 6.29.